The number of carbonyl (C=O) groups is 1. The number of rotatable bonds is 5. The Morgan fingerprint density at radius 3 is 2.04 bits per heavy atom. The van der Waals surface area contributed by atoms with Gasteiger partial charge in [0.05, 0.1) is 10.6 Å². The molecule has 0 spiro atoms. The topological polar surface area (TPSA) is 66.5 Å². The normalized spacial score (nSPS) is 11.0. The Balaban J connectivity index is 1.76. The number of carbonyl (C=O) groups excluding carboxylic acids is 1. The Kier molecular flexibility index (Phi) is 5.28. The molecule has 0 aliphatic carbocycles. The summed E-state index contributed by atoms with van der Waals surface area (Å²) in [5.41, 5.74) is 2.74. The third-order valence-corrected chi connectivity index (χ3v) is 6.00. The molecule has 6 heteroatoms. The van der Waals surface area contributed by atoms with Crippen molar-refractivity contribution in [3.63, 3.8) is 0 Å². The van der Waals surface area contributed by atoms with E-state index in [4.69, 9.17) is 0 Å². The molecule has 0 heterocycles. The maximum absolute atomic E-state index is 12.7. The van der Waals surface area contributed by atoms with Crippen molar-refractivity contribution in [3.8, 4) is 0 Å². The highest BCUT2D eigenvalue weighted by Crippen LogP contribution is 2.22. The summed E-state index contributed by atoms with van der Waals surface area (Å²) in [6.45, 7) is 1.98. The van der Waals surface area contributed by atoms with Gasteiger partial charge in [-0.15, -0.1) is 0 Å². The fraction of sp³-hybridized carbons (Fsp3) is 0.0952. The van der Waals surface area contributed by atoms with Crippen molar-refractivity contribution >= 4 is 27.3 Å². The lowest BCUT2D eigenvalue weighted by Crippen LogP contribution is -2.26. The monoisotopic (exact) mass is 380 g/mol. The van der Waals surface area contributed by atoms with Crippen molar-refractivity contribution in [2.45, 2.75) is 11.8 Å². The van der Waals surface area contributed by atoms with Gasteiger partial charge in [-0.1, -0.05) is 35.9 Å². The van der Waals surface area contributed by atoms with Gasteiger partial charge in [0.25, 0.3) is 15.9 Å². The van der Waals surface area contributed by atoms with Crippen LogP contribution in [0.1, 0.15) is 15.9 Å². The lowest BCUT2D eigenvalue weighted by atomic mass is 10.2. The number of hydrogen-bond donors (Lipinski definition) is 1. The molecule has 0 bridgehead atoms. The maximum Gasteiger partial charge on any atom is 0.264 e. The van der Waals surface area contributed by atoms with Crippen LogP contribution in [-0.2, 0) is 10.0 Å². The van der Waals surface area contributed by atoms with Gasteiger partial charge in [0.15, 0.2) is 0 Å². The van der Waals surface area contributed by atoms with E-state index in [1.807, 2.05) is 31.2 Å². The van der Waals surface area contributed by atoms with E-state index in [0.717, 1.165) is 5.56 Å². The summed E-state index contributed by atoms with van der Waals surface area (Å²) in [5, 5.41) is 2.82. The van der Waals surface area contributed by atoms with Crippen LogP contribution in [0, 0.1) is 6.92 Å². The van der Waals surface area contributed by atoms with Gasteiger partial charge in [0.1, 0.15) is 0 Å². The molecule has 0 radical (unpaired) electrons. The first-order valence-corrected chi connectivity index (χ1v) is 9.84. The molecule has 3 rings (SSSR count). The first-order chi connectivity index (χ1) is 12.9. The maximum atomic E-state index is 12.7. The van der Waals surface area contributed by atoms with E-state index in [9.17, 15) is 13.2 Å². The molecule has 1 N–H and O–H groups in total. The molecule has 0 unspecified atom stereocenters. The fourth-order valence-electron chi connectivity index (χ4n) is 2.55. The smallest absolute Gasteiger partial charge is 0.264 e. The predicted octanol–water partition coefficient (Wildman–Crippen LogP) is 4.07. The zero-order chi connectivity index (χ0) is 19.4. The van der Waals surface area contributed by atoms with E-state index in [0.29, 0.717) is 16.9 Å². The van der Waals surface area contributed by atoms with Gasteiger partial charge in [0.2, 0.25) is 0 Å². The molecule has 138 valence electrons. The number of benzene rings is 3. The second-order valence-electron chi connectivity index (χ2n) is 6.15. The van der Waals surface area contributed by atoms with Gasteiger partial charge in [-0.25, -0.2) is 8.42 Å². The Labute approximate surface area is 159 Å². The van der Waals surface area contributed by atoms with Crippen molar-refractivity contribution in [3.05, 3.63) is 90.0 Å². The first kappa shape index (κ1) is 18.7. The highest BCUT2D eigenvalue weighted by molar-refractivity contribution is 7.92. The SMILES string of the molecule is Cc1ccc(NC(=O)c2ccc(N(C)S(=O)(=O)c3ccccc3)cc2)cc1. The zero-order valence-corrected chi connectivity index (χ0v) is 15.9. The second kappa shape index (κ2) is 7.63. The molecular formula is C21H20N2O3S. The molecule has 5 nitrogen and oxygen atoms in total. The summed E-state index contributed by atoms with van der Waals surface area (Å²) in [4.78, 5) is 12.6. The largest absolute Gasteiger partial charge is 0.322 e. The van der Waals surface area contributed by atoms with E-state index in [2.05, 4.69) is 5.32 Å². The van der Waals surface area contributed by atoms with Crippen LogP contribution in [0.4, 0.5) is 11.4 Å². The van der Waals surface area contributed by atoms with Crippen molar-refractivity contribution in [2.75, 3.05) is 16.7 Å². The minimum Gasteiger partial charge on any atom is -0.322 e. The quantitative estimate of drug-likeness (QED) is 0.725. The first-order valence-electron chi connectivity index (χ1n) is 8.40. The predicted molar refractivity (Wildman–Crippen MR) is 108 cm³/mol. The number of hydrogen-bond acceptors (Lipinski definition) is 3. The minimum absolute atomic E-state index is 0.216. The number of nitrogens with zero attached hydrogens (tertiary/aromatic N) is 1. The molecule has 27 heavy (non-hydrogen) atoms. The zero-order valence-electron chi connectivity index (χ0n) is 15.1. The van der Waals surface area contributed by atoms with Gasteiger partial charge in [-0.2, -0.15) is 0 Å². The second-order valence-corrected chi connectivity index (χ2v) is 8.12. The van der Waals surface area contributed by atoms with Crippen LogP contribution in [-0.4, -0.2) is 21.4 Å². The molecule has 3 aromatic carbocycles. The highest BCUT2D eigenvalue weighted by atomic mass is 32.2. The standard InChI is InChI=1S/C21H20N2O3S/c1-16-8-12-18(13-9-16)22-21(24)17-10-14-19(15-11-17)23(2)27(25,26)20-6-4-3-5-7-20/h3-15H,1-2H3,(H,22,24). The van der Waals surface area contributed by atoms with Crippen molar-refractivity contribution in [1.29, 1.82) is 0 Å². The van der Waals surface area contributed by atoms with E-state index in [1.54, 1.807) is 54.6 Å². The van der Waals surface area contributed by atoms with E-state index >= 15 is 0 Å². The van der Waals surface area contributed by atoms with Crippen LogP contribution in [0.5, 0.6) is 0 Å². The molecule has 0 saturated heterocycles. The van der Waals surface area contributed by atoms with Crippen LogP contribution in [0.2, 0.25) is 0 Å². The van der Waals surface area contributed by atoms with Crippen LogP contribution in [0.25, 0.3) is 0 Å². The number of nitrogens with one attached hydrogen (secondary N) is 1. The van der Waals surface area contributed by atoms with Gasteiger partial charge >= 0.3 is 0 Å². The summed E-state index contributed by atoms with van der Waals surface area (Å²) in [5.74, 6) is -0.251. The van der Waals surface area contributed by atoms with Crippen LogP contribution in [0.3, 0.4) is 0 Å². The van der Waals surface area contributed by atoms with Crippen LogP contribution < -0.4 is 9.62 Å². The Hall–Kier alpha value is -3.12. The third-order valence-electron chi connectivity index (χ3n) is 4.20. The lowest BCUT2D eigenvalue weighted by Gasteiger charge is -2.19. The molecule has 0 saturated carbocycles. The average molecular weight is 380 g/mol. The number of amides is 1. The molecule has 1 amide bonds. The summed E-state index contributed by atoms with van der Waals surface area (Å²) < 4.78 is 26.5. The van der Waals surface area contributed by atoms with E-state index < -0.39 is 10.0 Å². The van der Waals surface area contributed by atoms with Crippen LogP contribution >= 0.6 is 0 Å². The molecule has 0 fully saturated rings. The Morgan fingerprint density at radius 1 is 0.852 bits per heavy atom. The number of aryl methyl sites for hydroxylation is 1. The third kappa shape index (κ3) is 4.17. The van der Waals surface area contributed by atoms with Gasteiger partial charge in [0, 0.05) is 18.3 Å². The van der Waals surface area contributed by atoms with Gasteiger partial charge < -0.3 is 5.32 Å². The average Bonchev–Trinajstić information content (AvgIpc) is 2.70. The lowest BCUT2D eigenvalue weighted by molar-refractivity contribution is 0.102. The minimum atomic E-state index is -3.64. The summed E-state index contributed by atoms with van der Waals surface area (Å²) >= 11 is 0. The van der Waals surface area contributed by atoms with Gasteiger partial charge in [-0.05, 0) is 55.5 Å². The van der Waals surface area contributed by atoms with Crippen LogP contribution in [0.15, 0.2) is 83.8 Å². The Morgan fingerprint density at radius 2 is 1.44 bits per heavy atom. The molecule has 0 aromatic heterocycles. The van der Waals surface area contributed by atoms with E-state index in [-0.39, 0.29) is 10.8 Å². The molecule has 0 aliphatic heterocycles. The number of anilines is 2. The Bertz CT molecular complexity index is 1030. The highest BCUT2D eigenvalue weighted by Gasteiger charge is 2.21. The molecular weight excluding hydrogens is 360 g/mol. The number of sulfonamides is 1. The van der Waals surface area contributed by atoms with E-state index in [1.165, 1.54) is 11.4 Å². The summed E-state index contributed by atoms with van der Waals surface area (Å²) in [6, 6.07) is 22.2. The summed E-state index contributed by atoms with van der Waals surface area (Å²) in [6.07, 6.45) is 0. The summed E-state index contributed by atoms with van der Waals surface area (Å²) in [7, 11) is -2.16. The molecule has 3 aromatic rings. The molecule has 0 atom stereocenters. The fourth-order valence-corrected chi connectivity index (χ4v) is 3.77. The van der Waals surface area contributed by atoms with Crippen molar-refractivity contribution < 1.29 is 13.2 Å². The van der Waals surface area contributed by atoms with Crippen molar-refractivity contribution in [1.82, 2.24) is 0 Å². The van der Waals surface area contributed by atoms with Gasteiger partial charge in [-0.3, -0.25) is 9.10 Å². The molecule has 0 aliphatic rings. The van der Waals surface area contributed by atoms with Crippen molar-refractivity contribution in [2.24, 2.45) is 0 Å².